The van der Waals surface area contributed by atoms with Gasteiger partial charge in [-0.1, -0.05) is 30.3 Å². The SMILES string of the molecule is O=C(NCc1ccc(N2CCCC2=O)cc1)C1Cc2ccccc2O1. The molecule has 0 spiro atoms. The van der Waals surface area contributed by atoms with Crippen LogP contribution in [-0.2, 0) is 22.6 Å². The largest absolute Gasteiger partial charge is 0.480 e. The Morgan fingerprint density at radius 1 is 1.16 bits per heavy atom. The lowest BCUT2D eigenvalue weighted by molar-refractivity contribution is -0.127. The molecule has 5 nitrogen and oxygen atoms in total. The van der Waals surface area contributed by atoms with Crippen molar-refractivity contribution in [3.8, 4) is 5.75 Å². The molecule has 0 saturated carbocycles. The highest BCUT2D eigenvalue weighted by Crippen LogP contribution is 2.28. The zero-order chi connectivity index (χ0) is 17.2. The minimum absolute atomic E-state index is 0.102. The Kier molecular flexibility index (Phi) is 4.14. The molecule has 2 heterocycles. The van der Waals surface area contributed by atoms with Crippen LogP contribution in [0.1, 0.15) is 24.0 Å². The number of hydrogen-bond acceptors (Lipinski definition) is 3. The molecule has 2 aromatic carbocycles. The molecule has 4 rings (SSSR count). The molecule has 25 heavy (non-hydrogen) atoms. The van der Waals surface area contributed by atoms with Gasteiger partial charge in [0.1, 0.15) is 5.75 Å². The summed E-state index contributed by atoms with van der Waals surface area (Å²) in [7, 11) is 0. The summed E-state index contributed by atoms with van der Waals surface area (Å²) in [5.41, 5.74) is 2.99. The molecular formula is C20H20N2O3. The van der Waals surface area contributed by atoms with E-state index < -0.39 is 6.10 Å². The van der Waals surface area contributed by atoms with Crippen molar-refractivity contribution in [2.75, 3.05) is 11.4 Å². The van der Waals surface area contributed by atoms with E-state index in [9.17, 15) is 9.59 Å². The van der Waals surface area contributed by atoms with Gasteiger partial charge >= 0.3 is 0 Å². The molecular weight excluding hydrogens is 316 g/mol. The maximum atomic E-state index is 12.3. The smallest absolute Gasteiger partial charge is 0.261 e. The van der Waals surface area contributed by atoms with Gasteiger partial charge in [-0.25, -0.2) is 0 Å². The lowest BCUT2D eigenvalue weighted by Gasteiger charge is -2.16. The van der Waals surface area contributed by atoms with E-state index in [0.29, 0.717) is 19.4 Å². The van der Waals surface area contributed by atoms with Crippen LogP contribution in [0.2, 0.25) is 0 Å². The topological polar surface area (TPSA) is 58.6 Å². The van der Waals surface area contributed by atoms with Crippen LogP contribution in [0.3, 0.4) is 0 Å². The Labute approximate surface area is 146 Å². The van der Waals surface area contributed by atoms with Gasteiger partial charge < -0.3 is 15.0 Å². The summed E-state index contributed by atoms with van der Waals surface area (Å²) >= 11 is 0. The predicted octanol–water partition coefficient (Wildman–Crippen LogP) is 2.43. The predicted molar refractivity (Wildman–Crippen MR) is 94.4 cm³/mol. The summed E-state index contributed by atoms with van der Waals surface area (Å²) in [6.07, 6.45) is 1.69. The van der Waals surface area contributed by atoms with Gasteiger partial charge in [0.05, 0.1) is 0 Å². The standard InChI is InChI=1S/C20H20N2O3/c23-19-6-3-11-22(19)16-9-7-14(8-10-16)13-21-20(24)18-12-15-4-1-2-5-17(15)25-18/h1-2,4-5,7-10,18H,3,6,11-13H2,(H,21,24). The lowest BCUT2D eigenvalue weighted by Crippen LogP contribution is -2.37. The van der Waals surface area contributed by atoms with E-state index >= 15 is 0 Å². The first-order valence-corrected chi connectivity index (χ1v) is 8.62. The second-order valence-corrected chi connectivity index (χ2v) is 6.45. The van der Waals surface area contributed by atoms with Gasteiger partial charge in [0.25, 0.3) is 5.91 Å². The van der Waals surface area contributed by atoms with Gasteiger partial charge in [-0.05, 0) is 35.7 Å². The third-order valence-electron chi connectivity index (χ3n) is 4.73. The third kappa shape index (κ3) is 3.22. The minimum atomic E-state index is -0.459. The van der Waals surface area contributed by atoms with Crippen LogP contribution in [0.4, 0.5) is 5.69 Å². The average Bonchev–Trinajstić information content (AvgIpc) is 3.26. The Hall–Kier alpha value is -2.82. The summed E-state index contributed by atoms with van der Waals surface area (Å²) in [4.78, 5) is 25.9. The van der Waals surface area contributed by atoms with Crippen LogP contribution < -0.4 is 15.0 Å². The molecule has 2 aliphatic heterocycles. The first kappa shape index (κ1) is 15.7. The number of ether oxygens (including phenoxy) is 1. The molecule has 1 unspecified atom stereocenters. The van der Waals surface area contributed by atoms with E-state index in [4.69, 9.17) is 4.74 Å². The number of benzene rings is 2. The van der Waals surface area contributed by atoms with E-state index in [2.05, 4.69) is 5.32 Å². The number of rotatable bonds is 4. The van der Waals surface area contributed by atoms with Crippen LogP contribution in [-0.4, -0.2) is 24.5 Å². The number of carbonyl (C=O) groups excluding carboxylic acids is 2. The number of hydrogen-bond donors (Lipinski definition) is 1. The van der Waals surface area contributed by atoms with Gasteiger partial charge in [0, 0.05) is 31.6 Å². The minimum Gasteiger partial charge on any atom is -0.480 e. The number of para-hydroxylation sites is 1. The van der Waals surface area contributed by atoms with Crippen molar-refractivity contribution >= 4 is 17.5 Å². The summed E-state index contributed by atoms with van der Waals surface area (Å²) in [6.45, 7) is 1.23. The summed E-state index contributed by atoms with van der Waals surface area (Å²) in [5.74, 6) is 0.872. The van der Waals surface area contributed by atoms with Crippen LogP contribution in [0.25, 0.3) is 0 Å². The number of amides is 2. The first-order chi connectivity index (χ1) is 12.2. The molecule has 0 aromatic heterocycles. The highest BCUT2D eigenvalue weighted by atomic mass is 16.5. The third-order valence-corrected chi connectivity index (χ3v) is 4.73. The van der Waals surface area contributed by atoms with Gasteiger partial charge in [-0.15, -0.1) is 0 Å². The number of anilines is 1. The molecule has 0 bridgehead atoms. The Balaban J connectivity index is 1.33. The van der Waals surface area contributed by atoms with Crippen LogP contribution in [0.15, 0.2) is 48.5 Å². The normalized spacial score (nSPS) is 18.8. The monoisotopic (exact) mass is 336 g/mol. The van der Waals surface area contributed by atoms with Gasteiger partial charge in [0.2, 0.25) is 5.91 Å². The molecule has 1 atom stereocenters. The quantitative estimate of drug-likeness (QED) is 0.933. The molecule has 2 amide bonds. The lowest BCUT2D eigenvalue weighted by atomic mass is 10.1. The fraction of sp³-hybridized carbons (Fsp3) is 0.300. The molecule has 0 radical (unpaired) electrons. The highest BCUT2D eigenvalue weighted by Gasteiger charge is 2.28. The summed E-state index contributed by atoms with van der Waals surface area (Å²) in [5, 5.41) is 2.93. The molecule has 2 aliphatic rings. The summed E-state index contributed by atoms with van der Waals surface area (Å²) < 4.78 is 5.70. The maximum absolute atomic E-state index is 12.3. The van der Waals surface area contributed by atoms with Crippen molar-refractivity contribution in [1.29, 1.82) is 0 Å². The highest BCUT2D eigenvalue weighted by molar-refractivity contribution is 5.95. The zero-order valence-corrected chi connectivity index (χ0v) is 13.9. The molecule has 1 N–H and O–H groups in total. The van der Waals surface area contributed by atoms with E-state index in [-0.39, 0.29) is 11.8 Å². The molecule has 0 aliphatic carbocycles. The van der Waals surface area contributed by atoms with E-state index in [1.807, 2.05) is 53.4 Å². The number of nitrogens with zero attached hydrogens (tertiary/aromatic N) is 1. The van der Waals surface area contributed by atoms with Gasteiger partial charge in [-0.3, -0.25) is 9.59 Å². The van der Waals surface area contributed by atoms with E-state index in [1.54, 1.807) is 0 Å². The zero-order valence-electron chi connectivity index (χ0n) is 13.9. The van der Waals surface area contributed by atoms with Crippen molar-refractivity contribution < 1.29 is 14.3 Å². The van der Waals surface area contributed by atoms with Crippen LogP contribution >= 0.6 is 0 Å². The second-order valence-electron chi connectivity index (χ2n) is 6.45. The molecule has 5 heteroatoms. The Morgan fingerprint density at radius 3 is 2.68 bits per heavy atom. The average molecular weight is 336 g/mol. The van der Waals surface area contributed by atoms with E-state index in [0.717, 1.165) is 35.5 Å². The Bertz CT molecular complexity index is 776. The van der Waals surface area contributed by atoms with Crippen molar-refractivity contribution in [1.82, 2.24) is 5.32 Å². The van der Waals surface area contributed by atoms with Gasteiger partial charge in [0.15, 0.2) is 6.10 Å². The van der Waals surface area contributed by atoms with E-state index in [1.165, 1.54) is 0 Å². The van der Waals surface area contributed by atoms with Crippen molar-refractivity contribution in [2.24, 2.45) is 0 Å². The maximum Gasteiger partial charge on any atom is 0.261 e. The first-order valence-electron chi connectivity index (χ1n) is 8.62. The number of carbonyl (C=O) groups is 2. The second kappa shape index (κ2) is 6.59. The fourth-order valence-corrected chi connectivity index (χ4v) is 3.35. The molecule has 2 aromatic rings. The molecule has 1 fully saturated rings. The fourth-order valence-electron chi connectivity index (χ4n) is 3.35. The molecule has 1 saturated heterocycles. The Morgan fingerprint density at radius 2 is 1.96 bits per heavy atom. The van der Waals surface area contributed by atoms with Crippen molar-refractivity contribution in [3.05, 3.63) is 59.7 Å². The number of nitrogens with one attached hydrogen (secondary N) is 1. The van der Waals surface area contributed by atoms with Crippen molar-refractivity contribution in [3.63, 3.8) is 0 Å². The summed E-state index contributed by atoms with van der Waals surface area (Å²) in [6, 6.07) is 15.5. The van der Waals surface area contributed by atoms with Crippen LogP contribution in [0.5, 0.6) is 5.75 Å². The molecule has 128 valence electrons. The van der Waals surface area contributed by atoms with Gasteiger partial charge in [-0.2, -0.15) is 0 Å². The van der Waals surface area contributed by atoms with Crippen LogP contribution in [0, 0.1) is 0 Å². The van der Waals surface area contributed by atoms with Crippen molar-refractivity contribution in [2.45, 2.75) is 31.9 Å². The number of fused-ring (bicyclic) bond motifs is 1.